The highest BCUT2D eigenvalue weighted by Gasteiger charge is 2.34. The highest BCUT2D eigenvalue weighted by Crippen LogP contribution is 2.25. The monoisotopic (exact) mass is 399 g/mol. The number of nitrogens with zero attached hydrogens (tertiary/aromatic N) is 4. The van der Waals surface area contributed by atoms with Gasteiger partial charge in [0, 0.05) is 41.5 Å². The maximum absolute atomic E-state index is 12.8. The molecule has 1 N–H and O–H groups in total. The van der Waals surface area contributed by atoms with Crippen molar-refractivity contribution in [1.82, 2.24) is 19.9 Å². The van der Waals surface area contributed by atoms with Crippen LogP contribution in [0.1, 0.15) is 18.5 Å². The second kappa shape index (κ2) is 7.93. The summed E-state index contributed by atoms with van der Waals surface area (Å²) in [7, 11) is 0. The van der Waals surface area contributed by atoms with Gasteiger partial charge < -0.3 is 10.2 Å². The maximum Gasteiger partial charge on any atom is 0.248 e. The summed E-state index contributed by atoms with van der Waals surface area (Å²) in [6.07, 6.45) is 6.79. The Hall–Kier alpha value is -2.65. The van der Waals surface area contributed by atoms with E-state index in [2.05, 4.69) is 20.3 Å². The fourth-order valence-electron chi connectivity index (χ4n) is 3.08. The molecule has 7 nitrogen and oxygen atoms in total. The van der Waals surface area contributed by atoms with Crippen LogP contribution in [0.4, 0.5) is 5.13 Å². The van der Waals surface area contributed by atoms with E-state index in [1.54, 1.807) is 28.9 Å². The van der Waals surface area contributed by atoms with Gasteiger partial charge in [0.2, 0.25) is 11.8 Å². The van der Waals surface area contributed by atoms with E-state index in [0.29, 0.717) is 18.1 Å². The Morgan fingerprint density at radius 2 is 2.22 bits per heavy atom. The van der Waals surface area contributed by atoms with Crippen LogP contribution >= 0.6 is 22.7 Å². The van der Waals surface area contributed by atoms with Crippen molar-refractivity contribution >= 4 is 39.6 Å². The molecule has 0 aliphatic carbocycles. The second-order valence-corrected chi connectivity index (χ2v) is 7.89. The normalized spacial score (nSPS) is 16.4. The summed E-state index contributed by atoms with van der Waals surface area (Å²) in [5, 5.41) is 7.88. The third-order valence-electron chi connectivity index (χ3n) is 4.33. The van der Waals surface area contributed by atoms with Crippen molar-refractivity contribution in [2.45, 2.75) is 25.3 Å². The molecule has 0 spiro atoms. The van der Waals surface area contributed by atoms with Crippen molar-refractivity contribution in [2.75, 3.05) is 11.9 Å². The highest BCUT2D eigenvalue weighted by atomic mass is 32.1. The van der Waals surface area contributed by atoms with Crippen molar-refractivity contribution in [2.24, 2.45) is 0 Å². The Kier molecular flexibility index (Phi) is 5.21. The summed E-state index contributed by atoms with van der Waals surface area (Å²) in [5.74, 6) is -0.250. The van der Waals surface area contributed by atoms with Crippen LogP contribution in [0.2, 0.25) is 0 Å². The lowest BCUT2D eigenvalue weighted by molar-refractivity contribution is -0.136. The van der Waals surface area contributed by atoms with Gasteiger partial charge in [-0.25, -0.2) is 9.97 Å². The molecule has 4 heterocycles. The highest BCUT2D eigenvalue weighted by molar-refractivity contribution is 7.13. The molecule has 1 unspecified atom stereocenters. The minimum atomic E-state index is -0.446. The smallest absolute Gasteiger partial charge is 0.248 e. The van der Waals surface area contributed by atoms with E-state index in [0.717, 1.165) is 22.7 Å². The molecule has 1 fully saturated rings. The first-order valence-electron chi connectivity index (χ1n) is 8.55. The van der Waals surface area contributed by atoms with Crippen molar-refractivity contribution < 1.29 is 9.59 Å². The van der Waals surface area contributed by atoms with E-state index in [1.807, 2.05) is 17.5 Å². The standard InChI is InChI=1S/C18H17N5O2S2/c24-15(9-13-11-27-17(21-13)12-3-1-5-19-10-12)23-7-2-4-14(23)16(25)22-18-20-6-8-26-18/h1,3,5-6,8,10-11,14H,2,4,7,9H2,(H,20,22,25). The molecular formula is C18H17N5O2S2. The molecule has 138 valence electrons. The van der Waals surface area contributed by atoms with Crippen LogP contribution in [0, 0.1) is 0 Å². The van der Waals surface area contributed by atoms with Crippen LogP contribution in [0.25, 0.3) is 10.6 Å². The number of rotatable bonds is 5. The summed E-state index contributed by atoms with van der Waals surface area (Å²) in [5.41, 5.74) is 1.65. The Bertz CT molecular complexity index is 926. The van der Waals surface area contributed by atoms with Crippen LogP contribution in [0.5, 0.6) is 0 Å². The quantitative estimate of drug-likeness (QED) is 0.713. The fraction of sp³-hybridized carbons (Fsp3) is 0.278. The molecule has 4 rings (SSSR count). The van der Waals surface area contributed by atoms with Gasteiger partial charge in [-0.15, -0.1) is 22.7 Å². The van der Waals surface area contributed by atoms with Gasteiger partial charge in [0.05, 0.1) is 12.1 Å². The average Bonchev–Trinajstić information content (AvgIpc) is 3.44. The number of likely N-dealkylation sites (tertiary alicyclic amines) is 1. The van der Waals surface area contributed by atoms with Gasteiger partial charge in [0.25, 0.3) is 0 Å². The SMILES string of the molecule is O=C(Nc1nccs1)C1CCCN1C(=O)Cc1csc(-c2cccnc2)n1. The number of carbonyl (C=O) groups excluding carboxylic acids is 2. The molecular weight excluding hydrogens is 382 g/mol. The molecule has 1 saturated heterocycles. The molecule has 9 heteroatoms. The number of amides is 2. The molecule has 0 aromatic carbocycles. The molecule has 27 heavy (non-hydrogen) atoms. The van der Waals surface area contributed by atoms with Gasteiger partial charge in [0.1, 0.15) is 11.0 Å². The van der Waals surface area contributed by atoms with Crippen molar-refractivity contribution in [3.05, 3.63) is 47.2 Å². The zero-order valence-corrected chi connectivity index (χ0v) is 16.0. The summed E-state index contributed by atoms with van der Waals surface area (Å²) in [6.45, 7) is 0.592. The number of hydrogen-bond donors (Lipinski definition) is 1. The zero-order chi connectivity index (χ0) is 18.6. The number of pyridine rings is 1. The molecule has 1 aliphatic rings. The lowest BCUT2D eigenvalue weighted by Crippen LogP contribution is -2.43. The molecule has 3 aromatic heterocycles. The largest absolute Gasteiger partial charge is 0.330 e. The second-order valence-electron chi connectivity index (χ2n) is 6.13. The van der Waals surface area contributed by atoms with Gasteiger partial charge in [-0.1, -0.05) is 0 Å². The van der Waals surface area contributed by atoms with Crippen LogP contribution in [-0.2, 0) is 16.0 Å². The van der Waals surface area contributed by atoms with Gasteiger partial charge >= 0.3 is 0 Å². The summed E-state index contributed by atoms with van der Waals surface area (Å²) in [6, 6.07) is 3.35. The first kappa shape index (κ1) is 17.7. The van der Waals surface area contributed by atoms with E-state index in [1.165, 1.54) is 22.7 Å². The van der Waals surface area contributed by atoms with E-state index < -0.39 is 6.04 Å². The van der Waals surface area contributed by atoms with Gasteiger partial charge in [-0.2, -0.15) is 0 Å². The number of nitrogens with one attached hydrogen (secondary N) is 1. The van der Waals surface area contributed by atoms with Crippen molar-refractivity contribution in [3.8, 4) is 10.6 Å². The van der Waals surface area contributed by atoms with E-state index >= 15 is 0 Å². The van der Waals surface area contributed by atoms with Crippen LogP contribution < -0.4 is 5.32 Å². The predicted octanol–water partition coefficient (Wildman–Crippen LogP) is 2.83. The van der Waals surface area contributed by atoms with Crippen molar-refractivity contribution in [3.63, 3.8) is 0 Å². The minimum absolute atomic E-state index is 0.0742. The summed E-state index contributed by atoms with van der Waals surface area (Å²) >= 11 is 2.85. The molecule has 1 atom stereocenters. The van der Waals surface area contributed by atoms with Crippen LogP contribution in [0.3, 0.4) is 0 Å². The van der Waals surface area contributed by atoms with Gasteiger partial charge in [0.15, 0.2) is 5.13 Å². The third kappa shape index (κ3) is 4.04. The first-order chi connectivity index (χ1) is 13.2. The Labute approximate surface area is 164 Å². The Morgan fingerprint density at radius 3 is 3.00 bits per heavy atom. The number of carbonyl (C=O) groups is 2. The fourth-order valence-corrected chi connectivity index (χ4v) is 4.42. The topological polar surface area (TPSA) is 88.1 Å². The van der Waals surface area contributed by atoms with Gasteiger partial charge in [-0.3, -0.25) is 14.6 Å². The van der Waals surface area contributed by atoms with Crippen LogP contribution in [-0.4, -0.2) is 44.3 Å². The maximum atomic E-state index is 12.8. The Morgan fingerprint density at radius 1 is 1.30 bits per heavy atom. The zero-order valence-electron chi connectivity index (χ0n) is 14.4. The number of hydrogen-bond acceptors (Lipinski definition) is 7. The lowest BCUT2D eigenvalue weighted by atomic mass is 10.2. The molecule has 0 saturated carbocycles. The molecule has 2 amide bonds. The van der Waals surface area contributed by atoms with Crippen molar-refractivity contribution in [1.29, 1.82) is 0 Å². The summed E-state index contributed by atoms with van der Waals surface area (Å²) < 4.78 is 0. The average molecular weight is 400 g/mol. The predicted molar refractivity (Wildman–Crippen MR) is 105 cm³/mol. The third-order valence-corrected chi connectivity index (χ3v) is 5.96. The molecule has 0 bridgehead atoms. The number of anilines is 1. The first-order valence-corrected chi connectivity index (χ1v) is 10.3. The summed E-state index contributed by atoms with van der Waals surface area (Å²) in [4.78, 5) is 39.6. The van der Waals surface area contributed by atoms with E-state index in [9.17, 15) is 9.59 Å². The van der Waals surface area contributed by atoms with E-state index in [4.69, 9.17) is 0 Å². The van der Waals surface area contributed by atoms with E-state index in [-0.39, 0.29) is 18.2 Å². The van der Waals surface area contributed by atoms with Gasteiger partial charge in [-0.05, 0) is 25.0 Å². The molecule has 0 radical (unpaired) electrons. The van der Waals surface area contributed by atoms with Crippen LogP contribution in [0.15, 0.2) is 41.5 Å². The number of thiazole rings is 2. The number of aromatic nitrogens is 3. The lowest BCUT2D eigenvalue weighted by Gasteiger charge is -2.23. The Balaban J connectivity index is 1.41. The molecule has 3 aromatic rings. The molecule has 1 aliphatic heterocycles. The minimum Gasteiger partial charge on any atom is -0.330 e.